The van der Waals surface area contributed by atoms with Crippen molar-refractivity contribution in [2.45, 2.75) is 26.2 Å². The fourth-order valence-electron chi connectivity index (χ4n) is 4.11. The van der Waals surface area contributed by atoms with Gasteiger partial charge in [-0.05, 0) is 79.9 Å². The van der Waals surface area contributed by atoms with Crippen LogP contribution in [-0.2, 0) is 5.41 Å². The fourth-order valence-corrected chi connectivity index (χ4v) is 4.11. The maximum atomic E-state index is 13.0. The van der Waals surface area contributed by atoms with Crippen molar-refractivity contribution in [1.82, 2.24) is 19.6 Å². The number of benzene rings is 2. The Kier molecular flexibility index (Phi) is 5.79. The lowest BCUT2D eigenvalue weighted by Gasteiger charge is -2.15. The van der Waals surface area contributed by atoms with Crippen LogP contribution in [0, 0.1) is 18.3 Å². The second kappa shape index (κ2) is 9.08. The molecule has 3 aromatic heterocycles. The van der Waals surface area contributed by atoms with Crippen molar-refractivity contribution >= 4 is 17.1 Å². The van der Waals surface area contributed by atoms with Gasteiger partial charge in [-0.2, -0.15) is 10.4 Å². The van der Waals surface area contributed by atoms with Gasteiger partial charge in [0.25, 0.3) is 5.91 Å². The largest absolute Gasteiger partial charge is 0.322 e. The molecule has 0 saturated carbocycles. The molecule has 2 aromatic carbocycles. The van der Waals surface area contributed by atoms with Gasteiger partial charge in [0.15, 0.2) is 0 Å². The molecule has 0 aliphatic heterocycles. The predicted octanol–water partition coefficient (Wildman–Crippen LogP) is 5.82. The molecule has 1 amide bonds. The van der Waals surface area contributed by atoms with Gasteiger partial charge in [0.05, 0.1) is 28.4 Å². The monoisotopic (exact) mass is 472 g/mol. The van der Waals surface area contributed by atoms with Crippen LogP contribution in [-0.4, -0.2) is 25.5 Å². The van der Waals surface area contributed by atoms with Crippen molar-refractivity contribution in [3.8, 4) is 28.5 Å². The first-order valence-electron chi connectivity index (χ1n) is 11.5. The van der Waals surface area contributed by atoms with Crippen LogP contribution in [0.3, 0.4) is 0 Å². The summed E-state index contributed by atoms with van der Waals surface area (Å²) in [6, 6.07) is 23.5. The Morgan fingerprint density at radius 3 is 2.67 bits per heavy atom. The number of carbonyl (C=O) groups is 1. The van der Waals surface area contributed by atoms with Crippen LogP contribution in [0.2, 0.25) is 0 Å². The number of nitrogens with one attached hydrogen (secondary N) is 1. The van der Waals surface area contributed by atoms with Gasteiger partial charge in [-0.3, -0.25) is 9.78 Å². The Hall–Kier alpha value is -4.83. The zero-order valence-corrected chi connectivity index (χ0v) is 20.2. The topological polar surface area (TPSA) is 96.0 Å². The Labute approximate surface area is 209 Å². The summed E-state index contributed by atoms with van der Waals surface area (Å²) >= 11 is 0. The van der Waals surface area contributed by atoms with Gasteiger partial charge in [-0.1, -0.05) is 24.3 Å². The zero-order valence-electron chi connectivity index (χ0n) is 20.2. The molecule has 0 atom stereocenters. The summed E-state index contributed by atoms with van der Waals surface area (Å²) in [6.07, 6.45) is 5.01. The van der Waals surface area contributed by atoms with Gasteiger partial charge in [-0.15, -0.1) is 0 Å². The highest BCUT2D eigenvalue weighted by molar-refractivity contribution is 6.04. The highest BCUT2D eigenvalue weighted by Crippen LogP contribution is 2.31. The minimum Gasteiger partial charge on any atom is -0.322 e. The first-order valence-corrected chi connectivity index (χ1v) is 11.5. The van der Waals surface area contributed by atoms with Crippen molar-refractivity contribution in [3.05, 3.63) is 102 Å². The number of pyridine rings is 1. The number of amides is 1. The Bertz CT molecular complexity index is 1640. The van der Waals surface area contributed by atoms with Gasteiger partial charge in [0, 0.05) is 29.2 Å². The van der Waals surface area contributed by atoms with Crippen molar-refractivity contribution in [2.24, 2.45) is 0 Å². The normalized spacial score (nSPS) is 11.3. The average Bonchev–Trinajstić information content (AvgIpc) is 3.39. The number of nitrogens with zero attached hydrogens (tertiary/aromatic N) is 5. The van der Waals surface area contributed by atoms with Crippen LogP contribution >= 0.6 is 0 Å². The van der Waals surface area contributed by atoms with Crippen molar-refractivity contribution in [1.29, 1.82) is 5.26 Å². The number of nitriles is 1. The number of hydrogen-bond acceptors (Lipinski definition) is 5. The number of carbonyl (C=O) groups excluding carboxylic acids is 1. The Morgan fingerprint density at radius 1 is 1.00 bits per heavy atom. The van der Waals surface area contributed by atoms with E-state index in [9.17, 15) is 10.1 Å². The first kappa shape index (κ1) is 22.9. The molecule has 0 fully saturated rings. The molecule has 5 aromatic rings. The lowest BCUT2D eigenvalue weighted by molar-refractivity contribution is 0.102. The molecule has 0 bridgehead atoms. The van der Waals surface area contributed by atoms with Crippen molar-refractivity contribution in [3.63, 3.8) is 0 Å². The lowest BCUT2D eigenvalue weighted by atomic mass is 9.90. The molecule has 36 heavy (non-hydrogen) atoms. The number of aryl methyl sites for hydroxylation is 1. The molecule has 7 nitrogen and oxygen atoms in total. The molecule has 0 unspecified atom stereocenters. The van der Waals surface area contributed by atoms with Crippen molar-refractivity contribution in [2.75, 3.05) is 5.32 Å². The third-order valence-corrected chi connectivity index (χ3v) is 6.22. The van der Waals surface area contributed by atoms with Crippen LogP contribution in [0.15, 0.2) is 85.5 Å². The highest BCUT2D eigenvalue weighted by atomic mass is 16.1. The predicted molar refractivity (Wildman–Crippen MR) is 139 cm³/mol. The van der Waals surface area contributed by atoms with Gasteiger partial charge in [0.2, 0.25) is 0 Å². The molecular weight excluding hydrogens is 448 g/mol. The fraction of sp³-hybridized carbons (Fsp3) is 0.138. The van der Waals surface area contributed by atoms with Crippen LogP contribution < -0.4 is 5.32 Å². The van der Waals surface area contributed by atoms with Crippen LogP contribution in [0.5, 0.6) is 0 Å². The zero-order chi connectivity index (χ0) is 25.3. The Balaban J connectivity index is 1.46. The number of hydrogen-bond donors (Lipinski definition) is 1. The molecule has 1 N–H and O–H groups in total. The van der Waals surface area contributed by atoms with Crippen LogP contribution in [0.25, 0.3) is 27.9 Å². The van der Waals surface area contributed by atoms with E-state index in [1.54, 1.807) is 43.0 Å². The van der Waals surface area contributed by atoms with E-state index in [1.807, 2.05) is 61.7 Å². The van der Waals surface area contributed by atoms with Gasteiger partial charge in [0.1, 0.15) is 6.33 Å². The number of anilines is 1. The summed E-state index contributed by atoms with van der Waals surface area (Å²) in [5.41, 5.74) is 6.79. The number of fused-ring (bicyclic) bond motifs is 1. The minimum absolute atomic E-state index is 0.257. The molecule has 0 aliphatic carbocycles. The Morgan fingerprint density at radius 2 is 1.83 bits per heavy atom. The number of aromatic nitrogens is 4. The second-order valence-corrected chi connectivity index (χ2v) is 9.18. The molecular formula is C29H24N6O. The third kappa shape index (κ3) is 4.32. The molecule has 0 radical (unpaired) electrons. The van der Waals surface area contributed by atoms with Gasteiger partial charge >= 0.3 is 0 Å². The molecule has 0 spiro atoms. The van der Waals surface area contributed by atoms with Crippen molar-refractivity contribution < 1.29 is 4.79 Å². The lowest BCUT2D eigenvalue weighted by Crippen LogP contribution is -2.18. The molecule has 0 saturated heterocycles. The van der Waals surface area contributed by atoms with E-state index in [0.29, 0.717) is 16.9 Å². The van der Waals surface area contributed by atoms with E-state index in [-0.39, 0.29) is 5.91 Å². The average molecular weight is 473 g/mol. The standard InChI is InChI=1S/C29H24N6O/c1-19-9-10-23(34-28(36)22-11-12-31-26(15-22)29(2,3)17-30)16-24(19)20-6-4-7-21(14-20)27-25-8-5-13-35(25)33-18-32-27/h4-16,18H,1-3H3,(H,34,36). The minimum atomic E-state index is -0.783. The summed E-state index contributed by atoms with van der Waals surface area (Å²) in [5.74, 6) is -0.257. The summed E-state index contributed by atoms with van der Waals surface area (Å²) in [6.45, 7) is 5.60. The molecule has 7 heteroatoms. The quantitative estimate of drug-likeness (QED) is 0.348. The van der Waals surface area contributed by atoms with Gasteiger partial charge in [-0.25, -0.2) is 9.50 Å². The highest BCUT2D eigenvalue weighted by Gasteiger charge is 2.22. The maximum absolute atomic E-state index is 13.0. The van der Waals surface area contributed by atoms with E-state index < -0.39 is 5.41 Å². The maximum Gasteiger partial charge on any atom is 0.255 e. The van der Waals surface area contributed by atoms with E-state index in [0.717, 1.165) is 33.5 Å². The van der Waals surface area contributed by atoms with Crippen LogP contribution in [0.1, 0.15) is 35.5 Å². The van der Waals surface area contributed by atoms with E-state index in [4.69, 9.17) is 0 Å². The first-order chi connectivity index (χ1) is 17.4. The van der Waals surface area contributed by atoms with Crippen LogP contribution in [0.4, 0.5) is 5.69 Å². The van der Waals surface area contributed by atoms with E-state index in [1.165, 1.54) is 0 Å². The summed E-state index contributed by atoms with van der Waals surface area (Å²) in [5, 5.41) is 16.7. The van der Waals surface area contributed by atoms with E-state index >= 15 is 0 Å². The SMILES string of the molecule is Cc1ccc(NC(=O)c2ccnc(C(C)(C)C#N)c2)cc1-c1cccc(-c2ncnn3cccc23)c1. The summed E-state index contributed by atoms with van der Waals surface area (Å²) in [4.78, 5) is 21.8. The van der Waals surface area contributed by atoms with Gasteiger partial charge < -0.3 is 5.32 Å². The van der Waals surface area contributed by atoms with E-state index in [2.05, 4.69) is 32.5 Å². The number of rotatable bonds is 5. The third-order valence-electron chi connectivity index (χ3n) is 6.22. The summed E-state index contributed by atoms with van der Waals surface area (Å²) in [7, 11) is 0. The smallest absolute Gasteiger partial charge is 0.255 e. The molecule has 3 heterocycles. The molecule has 0 aliphatic rings. The summed E-state index contributed by atoms with van der Waals surface area (Å²) < 4.78 is 1.80. The second-order valence-electron chi connectivity index (χ2n) is 9.18. The molecule has 176 valence electrons. The molecule has 5 rings (SSSR count).